The van der Waals surface area contributed by atoms with Crippen LogP contribution in [0.15, 0.2) is 0 Å². The second-order valence-electron chi connectivity index (χ2n) is 6.74. The Morgan fingerprint density at radius 2 is 1.75 bits per heavy atom. The van der Waals surface area contributed by atoms with E-state index in [0.29, 0.717) is 23.2 Å². The number of aromatic nitrogens is 3. The Balaban J connectivity index is 2.14. The third kappa shape index (κ3) is 3.19. The summed E-state index contributed by atoms with van der Waals surface area (Å²) in [4.78, 5) is 15.5. The third-order valence-electron chi connectivity index (χ3n) is 4.27. The fourth-order valence-electron chi connectivity index (χ4n) is 2.29. The van der Waals surface area contributed by atoms with Gasteiger partial charge in [0.25, 0.3) is 0 Å². The summed E-state index contributed by atoms with van der Waals surface area (Å²) < 4.78 is 0. The molecule has 1 saturated carbocycles. The fourth-order valence-corrected chi connectivity index (χ4v) is 2.29. The zero-order chi connectivity index (χ0) is 14.9. The highest BCUT2D eigenvalue weighted by atomic mass is 15.3. The van der Waals surface area contributed by atoms with Crippen molar-refractivity contribution >= 4 is 11.9 Å². The predicted molar refractivity (Wildman–Crippen MR) is 83.2 cm³/mol. The van der Waals surface area contributed by atoms with Crippen LogP contribution in [0.25, 0.3) is 0 Å². The Labute approximate surface area is 122 Å². The zero-order valence-corrected chi connectivity index (χ0v) is 13.6. The van der Waals surface area contributed by atoms with E-state index in [9.17, 15) is 0 Å². The molecule has 0 atom stereocenters. The Bertz CT molecular complexity index is 437. The van der Waals surface area contributed by atoms with Crippen LogP contribution in [0.3, 0.4) is 0 Å². The molecule has 5 heteroatoms. The van der Waals surface area contributed by atoms with Gasteiger partial charge in [-0.15, -0.1) is 0 Å². The van der Waals surface area contributed by atoms with E-state index in [1.165, 1.54) is 12.8 Å². The van der Waals surface area contributed by atoms with Crippen molar-refractivity contribution < 1.29 is 0 Å². The minimum Gasteiger partial charge on any atom is -0.354 e. The van der Waals surface area contributed by atoms with E-state index in [2.05, 4.69) is 48.0 Å². The molecule has 2 rings (SSSR count). The zero-order valence-electron chi connectivity index (χ0n) is 13.6. The summed E-state index contributed by atoms with van der Waals surface area (Å²) >= 11 is 0. The monoisotopic (exact) mass is 277 g/mol. The van der Waals surface area contributed by atoms with Crippen LogP contribution in [0.4, 0.5) is 11.9 Å². The molecule has 1 heterocycles. The molecule has 112 valence electrons. The van der Waals surface area contributed by atoms with Crippen molar-refractivity contribution in [1.29, 1.82) is 0 Å². The first-order chi connectivity index (χ1) is 9.34. The smallest absolute Gasteiger partial charge is 0.229 e. The minimum absolute atomic E-state index is 0.303. The summed E-state index contributed by atoms with van der Waals surface area (Å²) in [5.41, 5.74) is 0.447. The number of nitrogens with zero attached hydrogens (tertiary/aromatic N) is 4. The molecule has 20 heavy (non-hydrogen) atoms. The number of hydrogen-bond acceptors (Lipinski definition) is 5. The van der Waals surface area contributed by atoms with Crippen LogP contribution in [0, 0.1) is 11.3 Å². The van der Waals surface area contributed by atoms with Crippen molar-refractivity contribution in [3.63, 3.8) is 0 Å². The summed E-state index contributed by atoms with van der Waals surface area (Å²) in [7, 11) is 3.92. The second kappa shape index (κ2) is 5.54. The first kappa shape index (κ1) is 15.0. The molecular weight excluding hydrogens is 250 g/mol. The van der Waals surface area contributed by atoms with Gasteiger partial charge in [-0.1, -0.05) is 27.7 Å². The maximum atomic E-state index is 4.55. The maximum Gasteiger partial charge on any atom is 0.229 e. The number of hydrogen-bond donors (Lipinski definition) is 1. The van der Waals surface area contributed by atoms with Crippen molar-refractivity contribution in [2.75, 3.05) is 30.9 Å². The van der Waals surface area contributed by atoms with Crippen LogP contribution in [0.5, 0.6) is 0 Å². The average molecular weight is 277 g/mol. The van der Waals surface area contributed by atoms with Crippen molar-refractivity contribution in [2.24, 2.45) is 11.3 Å². The highest BCUT2D eigenvalue weighted by Gasteiger charge is 2.45. The molecule has 1 N–H and O–H groups in total. The molecule has 1 aliphatic rings. The summed E-state index contributed by atoms with van der Waals surface area (Å²) in [5, 5.41) is 3.43. The molecule has 1 fully saturated rings. The summed E-state index contributed by atoms with van der Waals surface area (Å²) in [6.07, 6.45) is 2.61. The van der Waals surface area contributed by atoms with Gasteiger partial charge in [-0.2, -0.15) is 15.0 Å². The van der Waals surface area contributed by atoms with E-state index in [0.717, 1.165) is 18.3 Å². The van der Waals surface area contributed by atoms with Gasteiger partial charge in [0.1, 0.15) is 5.82 Å². The van der Waals surface area contributed by atoms with Crippen LogP contribution in [0.2, 0.25) is 0 Å². The summed E-state index contributed by atoms with van der Waals surface area (Å²) in [5.74, 6) is 3.28. The highest BCUT2D eigenvalue weighted by molar-refractivity contribution is 5.36. The molecule has 0 spiro atoms. The number of nitrogens with one attached hydrogen (secondary N) is 1. The van der Waals surface area contributed by atoms with Gasteiger partial charge >= 0.3 is 0 Å². The van der Waals surface area contributed by atoms with Crippen molar-refractivity contribution in [3.05, 3.63) is 5.82 Å². The molecule has 5 nitrogen and oxygen atoms in total. The van der Waals surface area contributed by atoms with Crippen LogP contribution >= 0.6 is 0 Å². The van der Waals surface area contributed by atoms with Crippen LogP contribution in [0.1, 0.15) is 52.3 Å². The molecule has 0 aliphatic heterocycles. The Hall–Kier alpha value is -1.39. The van der Waals surface area contributed by atoms with E-state index in [-0.39, 0.29) is 0 Å². The molecule has 0 radical (unpaired) electrons. The standard InChI is InChI=1S/C15H27N5/c1-10(2)12-17-13(19-14(18-12)20(5)6)16-9-15(7-8-15)11(3)4/h10-11H,7-9H2,1-6H3,(H,16,17,18,19). The van der Waals surface area contributed by atoms with Crippen LogP contribution < -0.4 is 10.2 Å². The van der Waals surface area contributed by atoms with Gasteiger partial charge in [-0.05, 0) is 24.2 Å². The number of rotatable bonds is 6. The molecule has 1 aliphatic carbocycles. The summed E-state index contributed by atoms with van der Waals surface area (Å²) in [6, 6.07) is 0. The topological polar surface area (TPSA) is 53.9 Å². The Morgan fingerprint density at radius 1 is 1.10 bits per heavy atom. The lowest BCUT2D eigenvalue weighted by Gasteiger charge is -2.21. The highest BCUT2D eigenvalue weighted by Crippen LogP contribution is 2.51. The lowest BCUT2D eigenvalue weighted by molar-refractivity contribution is 0.379. The third-order valence-corrected chi connectivity index (χ3v) is 4.27. The molecule has 1 aromatic rings. The molecular formula is C15H27N5. The van der Waals surface area contributed by atoms with E-state index in [1.54, 1.807) is 0 Å². The molecule has 1 aromatic heterocycles. The first-order valence-corrected chi connectivity index (χ1v) is 7.51. The first-order valence-electron chi connectivity index (χ1n) is 7.51. The van der Waals surface area contributed by atoms with Crippen molar-refractivity contribution in [1.82, 2.24) is 15.0 Å². The van der Waals surface area contributed by atoms with Crippen molar-refractivity contribution in [3.8, 4) is 0 Å². The van der Waals surface area contributed by atoms with Gasteiger partial charge in [0.2, 0.25) is 11.9 Å². The molecule has 0 saturated heterocycles. The van der Waals surface area contributed by atoms with Gasteiger partial charge in [-0.3, -0.25) is 0 Å². The van der Waals surface area contributed by atoms with Gasteiger partial charge in [0, 0.05) is 26.6 Å². The Morgan fingerprint density at radius 3 is 2.20 bits per heavy atom. The van der Waals surface area contributed by atoms with E-state index in [1.807, 2.05) is 19.0 Å². The van der Waals surface area contributed by atoms with E-state index in [4.69, 9.17) is 0 Å². The quantitative estimate of drug-likeness (QED) is 0.866. The lowest BCUT2D eigenvalue weighted by Crippen LogP contribution is -2.23. The van der Waals surface area contributed by atoms with Gasteiger partial charge in [-0.25, -0.2) is 0 Å². The Kier molecular flexibility index (Phi) is 4.16. The molecule has 0 aromatic carbocycles. The average Bonchev–Trinajstić information content (AvgIpc) is 3.17. The van der Waals surface area contributed by atoms with Crippen LogP contribution in [-0.2, 0) is 0 Å². The van der Waals surface area contributed by atoms with Crippen LogP contribution in [-0.4, -0.2) is 35.6 Å². The van der Waals surface area contributed by atoms with Gasteiger partial charge < -0.3 is 10.2 Å². The largest absolute Gasteiger partial charge is 0.354 e. The predicted octanol–water partition coefficient (Wildman–Crippen LogP) is 2.91. The molecule has 0 amide bonds. The number of anilines is 2. The van der Waals surface area contributed by atoms with Crippen molar-refractivity contribution in [2.45, 2.75) is 46.5 Å². The van der Waals surface area contributed by atoms with E-state index < -0.39 is 0 Å². The molecule has 0 bridgehead atoms. The minimum atomic E-state index is 0.303. The molecule has 0 unspecified atom stereocenters. The van der Waals surface area contributed by atoms with E-state index >= 15 is 0 Å². The lowest BCUT2D eigenvalue weighted by atomic mass is 9.92. The SMILES string of the molecule is CC(C)c1nc(NCC2(C(C)C)CC2)nc(N(C)C)n1. The fraction of sp³-hybridized carbons (Fsp3) is 0.800. The maximum absolute atomic E-state index is 4.55. The van der Waals surface area contributed by atoms with Gasteiger partial charge in [0.15, 0.2) is 0 Å². The summed E-state index contributed by atoms with van der Waals surface area (Å²) in [6.45, 7) is 9.77. The normalized spacial score (nSPS) is 16.6. The van der Waals surface area contributed by atoms with Gasteiger partial charge in [0.05, 0.1) is 0 Å². The second-order valence-corrected chi connectivity index (χ2v) is 6.74.